The molecule has 1 N–H and O–H groups in total. The van der Waals surface area contributed by atoms with E-state index in [1.165, 1.54) is 0 Å². The Morgan fingerprint density at radius 2 is 1.96 bits per heavy atom. The minimum atomic E-state index is -0.526. The molecule has 1 heterocycles. The van der Waals surface area contributed by atoms with E-state index in [1.807, 2.05) is 6.92 Å². The molecular weight excluding hydrogens is 365 g/mol. The van der Waals surface area contributed by atoms with Gasteiger partial charge in [0.15, 0.2) is 5.58 Å². The molecule has 7 heteroatoms. The standard InChI is InChI=1S/C18H15Cl2NO4/c1-2-14(9-22)24-18(23)10-3-4-15-16(7-10)25-17(21-15)11-5-12(19)8-13(20)6-11/h3-8,14,22H,2,9H2,1H3. The Morgan fingerprint density at radius 3 is 2.60 bits per heavy atom. The third-order valence-corrected chi connectivity index (χ3v) is 4.10. The number of aliphatic hydroxyl groups excluding tert-OH is 1. The Balaban J connectivity index is 1.92. The number of ether oxygens (including phenoxy) is 1. The van der Waals surface area contributed by atoms with Crippen LogP contribution in [0.15, 0.2) is 40.8 Å². The van der Waals surface area contributed by atoms with Crippen molar-refractivity contribution in [1.82, 2.24) is 4.98 Å². The predicted molar refractivity (Wildman–Crippen MR) is 96.0 cm³/mol. The zero-order valence-electron chi connectivity index (χ0n) is 13.3. The Labute approximate surface area is 154 Å². The van der Waals surface area contributed by atoms with E-state index in [0.717, 1.165) is 0 Å². The van der Waals surface area contributed by atoms with E-state index in [0.29, 0.717) is 44.6 Å². The lowest BCUT2D eigenvalue weighted by Gasteiger charge is -2.12. The lowest BCUT2D eigenvalue weighted by Crippen LogP contribution is -2.21. The quantitative estimate of drug-likeness (QED) is 0.648. The summed E-state index contributed by atoms with van der Waals surface area (Å²) in [5.74, 6) is -0.168. The predicted octanol–water partition coefficient (Wildman–Crippen LogP) is 4.73. The van der Waals surface area contributed by atoms with Gasteiger partial charge in [-0.2, -0.15) is 0 Å². The van der Waals surface area contributed by atoms with Crippen molar-refractivity contribution in [2.75, 3.05) is 6.61 Å². The average Bonchev–Trinajstić information content (AvgIpc) is 3.01. The Kier molecular flexibility index (Phi) is 5.27. The van der Waals surface area contributed by atoms with Gasteiger partial charge in [0.1, 0.15) is 11.6 Å². The van der Waals surface area contributed by atoms with Crippen molar-refractivity contribution in [1.29, 1.82) is 0 Å². The number of oxazole rings is 1. The average molecular weight is 380 g/mol. The lowest BCUT2D eigenvalue weighted by molar-refractivity contribution is 0.0130. The molecule has 0 amide bonds. The summed E-state index contributed by atoms with van der Waals surface area (Å²) in [5.41, 5.74) is 2.00. The molecule has 3 aromatic rings. The summed E-state index contributed by atoms with van der Waals surface area (Å²) in [6.07, 6.45) is 0.00835. The lowest BCUT2D eigenvalue weighted by atomic mass is 10.2. The van der Waals surface area contributed by atoms with Crippen molar-refractivity contribution in [2.45, 2.75) is 19.4 Å². The molecule has 0 aliphatic carbocycles. The fraction of sp³-hybridized carbons (Fsp3) is 0.222. The van der Waals surface area contributed by atoms with E-state index in [9.17, 15) is 4.79 Å². The van der Waals surface area contributed by atoms with Crippen molar-refractivity contribution >= 4 is 40.3 Å². The summed E-state index contributed by atoms with van der Waals surface area (Å²) in [6, 6.07) is 9.84. The molecule has 0 saturated carbocycles. The molecule has 0 aliphatic heterocycles. The molecule has 1 atom stereocenters. The second-order valence-corrected chi connectivity index (χ2v) is 6.35. The second-order valence-electron chi connectivity index (χ2n) is 5.48. The number of aliphatic hydroxyl groups is 1. The van der Waals surface area contributed by atoms with Gasteiger partial charge >= 0.3 is 5.97 Å². The van der Waals surface area contributed by atoms with Crippen LogP contribution in [0.25, 0.3) is 22.6 Å². The van der Waals surface area contributed by atoms with E-state index in [-0.39, 0.29) is 6.61 Å². The van der Waals surface area contributed by atoms with Crippen LogP contribution in [0, 0.1) is 0 Å². The molecule has 0 radical (unpaired) electrons. The van der Waals surface area contributed by atoms with E-state index < -0.39 is 12.1 Å². The first-order valence-corrected chi connectivity index (χ1v) is 8.44. The maximum atomic E-state index is 12.2. The smallest absolute Gasteiger partial charge is 0.338 e. The summed E-state index contributed by atoms with van der Waals surface area (Å²) < 4.78 is 10.9. The fourth-order valence-electron chi connectivity index (χ4n) is 2.32. The first kappa shape index (κ1) is 17.7. The number of nitrogens with zero attached hydrogens (tertiary/aromatic N) is 1. The number of aromatic nitrogens is 1. The van der Waals surface area contributed by atoms with Crippen LogP contribution in [-0.4, -0.2) is 28.8 Å². The highest BCUT2D eigenvalue weighted by molar-refractivity contribution is 6.35. The molecule has 0 fully saturated rings. The summed E-state index contributed by atoms with van der Waals surface area (Å²) in [6.45, 7) is 1.61. The number of esters is 1. The van der Waals surface area contributed by atoms with Gasteiger partial charge in [-0.25, -0.2) is 9.78 Å². The Morgan fingerprint density at radius 1 is 1.24 bits per heavy atom. The van der Waals surface area contributed by atoms with Crippen LogP contribution < -0.4 is 0 Å². The maximum Gasteiger partial charge on any atom is 0.338 e. The van der Waals surface area contributed by atoms with Crippen LogP contribution in [0.2, 0.25) is 10.0 Å². The van der Waals surface area contributed by atoms with Gasteiger partial charge in [-0.3, -0.25) is 0 Å². The van der Waals surface area contributed by atoms with Crippen LogP contribution >= 0.6 is 23.2 Å². The van der Waals surface area contributed by atoms with Crippen LogP contribution in [0.5, 0.6) is 0 Å². The second kappa shape index (κ2) is 7.44. The van der Waals surface area contributed by atoms with Gasteiger partial charge in [0.25, 0.3) is 0 Å². The zero-order valence-corrected chi connectivity index (χ0v) is 14.8. The van der Waals surface area contributed by atoms with E-state index in [4.69, 9.17) is 37.5 Å². The molecule has 0 saturated heterocycles. The number of benzene rings is 2. The topological polar surface area (TPSA) is 72.6 Å². The van der Waals surface area contributed by atoms with Gasteiger partial charge in [-0.15, -0.1) is 0 Å². The Bertz CT molecular complexity index is 898. The van der Waals surface area contributed by atoms with Crippen LogP contribution in [0.4, 0.5) is 0 Å². The van der Waals surface area contributed by atoms with Crippen molar-refractivity contribution in [3.8, 4) is 11.5 Å². The van der Waals surface area contributed by atoms with Gasteiger partial charge in [-0.05, 0) is 42.8 Å². The van der Waals surface area contributed by atoms with Crippen molar-refractivity contribution in [2.24, 2.45) is 0 Å². The Hall–Kier alpha value is -2.08. The van der Waals surface area contributed by atoms with Crippen molar-refractivity contribution < 1.29 is 19.1 Å². The van der Waals surface area contributed by atoms with Gasteiger partial charge < -0.3 is 14.3 Å². The third-order valence-electron chi connectivity index (χ3n) is 3.67. The zero-order chi connectivity index (χ0) is 18.0. The molecule has 2 aromatic carbocycles. The van der Waals surface area contributed by atoms with Crippen LogP contribution in [0.1, 0.15) is 23.7 Å². The summed E-state index contributed by atoms with van der Waals surface area (Å²) in [4.78, 5) is 16.5. The number of hydrogen-bond acceptors (Lipinski definition) is 5. The van der Waals surface area contributed by atoms with Crippen molar-refractivity contribution in [3.63, 3.8) is 0 Å². The van der Waals surface area contributed by atoms with Gasteiger partial charge in [0.05, 0.1) is 12.2 Å². The first-order valence-electron chi connectivity index (χ1n) is 7.69. The van der Waals surface area contributed by atoms with Gasteiger partial charge in [0, 0.05) is 15.6 Å². The molecule has 0 spiro atoms. The van der Waals surface area contributed by atoms with Crippen molar-refractivity contribution in [3.05, 3.63) is 52.0 Å². The number of fused-ring (bicyclic) bond motifs is 1. The molecule has 0 bridgehead atoms. The first-order chi connectivity index (χ1) is 12.0. The number of rotatable bonds is 5. The number of halogens is 2. The minimum absolute atomic E-state index is 0.216. The maximum absolute atomic E-state index is 12.2. The van der Waals surface area contributed by atoms with E-state index in [1.54, 1.807) is 36.4 Å². The number of carbonyl (C=O) groups is 1. The van der Waals surface area contributed by atoms with Gasteiger partial charge in [0.2, 0.25) is 5.89 Å². The molecule has 130 valence electrons. The molecule has 0 aliphatic rings. The van der Waals surface area contributed by atoms with Crippen LogP contribution in [0.3, 0.4) is 0 Å². The third kappa shape index (κ3) is 3.95. The fourth-order valence-corrected chi connectivity index (χ4v) is 2.85. The normalized spacial score (nSPS) is 12.3. The van der Waals surface area contributed by atoms with E-state index >= 15 is 0 Å². The number of carbonyl (C=O) groups excluding carboxylic acids is 1. The van der Waals surface area contributed by atoms with E-state index in [2.05, 4.69) is 4.98 Å². The minimum Gasteiger partial charge on any atom is -0.456 e. The summed E-state index contributed by atoms with van der Waals surface area (Å²) >= 11 is 12.0. The molecule has 5 nitrogen and oxygen atoms in total. The number of hydrogen-bond donors (Lipinski definition) is 1. The van der Waals surface area contributed by atoms with Crippen LogP contribution in [-0.2, 0) is 4.74 Å². The summed E-state index contributed by atoms with van der Waals surface area (Å²) in [7, 11) is 0. The molecule has 3 rings (SSSR count). The molecule has 1 aromatic heterocycles. The SMILES string of the molecule is CCC(CO)OC(=O)c1ccc2nc(-c3cc(Cl)cc(Cl)c3)oc2c1. The monoisotopic (exact) mass is 379 g/mol. The highest BCUT2D eigenvalue weighted by Crippen LogP contribution is 2.29. The van der Waals surface area contributed by atoms with Gasteiger partial charge in [-0.1, -0.05) is 30.1 Å². The summed E-state index contributed by atoms with van der Waals surface area (Å²) in [5, 5.41) is 10.1. The highest BCUT2D eigenvalue weighted by atomic mass is 35.5. The molecular formula is C18H15Cl2NO4. The highest BCUT2D eigenvalue weighted by Gasteiger charge is 2.16. The largest absolute Gasteiger partial charge is 0.456 e. The molecule has 1 unspecified atom stereocenters. The molecule has 25 heavy (non-hydrogen) atoms.